The van der Waals surface area contributed by atoms with Crippen molar-refractivity contribution in [3.8, 4) is 0 Å². The summed E-state index contributed by atoms with van der Waals surface area (Å²) in [5.41, 5.74) is -2.44. The summed E-state index contributed by atoms with van der Waals surface area (Å²) in [6, 6.07) is 28.0. The maximum Gasteiger partial charge on any atom is 0.416 e. The molecule has 2 saturated heterocycles. The van der Waals surface area contributed by atoms with E-state index in [2.05, 4.69) is 4.90 Å². The first-order valence-corrected chi connectivity index (χ1v) is 16.4. The highest BCUT2D eigenvalue weighted by Crippen LogP contribution is 2.55. The van der Waals surface area contributed by atoms with E-state index in [0.717, 1.165) is 11.1 Å². The monoisotopic (exact) mass is 659 g/mol. The molecular weight excluding hydrogens is 628 g/mol. The second-order valence-corrected chi connectivity index (χ2v) is 14.0. The summed E-state index contributed by atoms with van der Waals surface area (Å²) in [7, 11) is -3.85. The molecule has 6 rings (SSSR count). The van der Waals surface area contributed by atoms with E-state index in [1.165, 1.54) is 0 Å². The quantitative estimate of drug-likeness (QED) is 0.178. The third kappa shape index (κ3) is 6.08. The van der Waals surface area contributed by atoms with Gasteiger partial charge in [-0.15, -0.1) is 0 Å². The Balaban J connectivity index is 1.44. The highest BCUT2D eigenvalue weighted by atomic mass is 32.2. The normalized spacial score (nSPS) is 23.8. The second-order valence-electron chi connectivity index (χ2n) is 11.9. The van der Waals surface area contributed by atoms with E-state index >= 15 is 0 Å². The Morgan fingerprint density at radius 2 is 1.26 bits per heavy atom. The van der Waals surface area contributed by atoms with Gasteiger partial charge in [0.05, 0.1) is 39.5 Å². The van der Waals surface area contributed by atoms with Crippen molar-refractivity contribution >= 4 is 9.84 Å². The van der Waals surface area contributed by atoms with Crippen LogP contribution in [0.15, 0.2) is 114 Å². The molecule has 4 aromatic carbocycles. The Morgan fingerprint density at radius 3 is 1.83 bits per heavy atom. The van der Waals surface area contributed by atoms with Crippen molar-refractivity contribution in [2.75, 3.05) is 0 Å². The molecule has 2 heterocycles. The first-order valence-electron chi connectivity index (χ1n) is 14.9. The van der Waals surface area contributed by atoms with Gasteiger partial charge < -0.3 is 4.74 Å². The zero-order valence-corrected chi connectivity index (χ0v) is 25.3. The molecular formula is C35H31F6NO3S. The maximum atomic E-state index is 14.2. The van der Waals surface area contributed by atoms with Crippen LogP contribution in [0.3, 0.4) is 0 Å². The van der Waals surface area contributed by atoms with Gasteiger partial charge in [-0.1, -0.05) is 78.9 Å². The van der Waals surface area contributed by atoms with Gasteiger partial charge in [0.1, 0.15) is 0 Å². The van der Waals surface area contributed by atoms with E-state index in [4.69, 9.17) is 4.74 Å². The summed E-state index contributed by atoms with van der Waals surface area (Å²) in [6.07, 6.45) is -9.83. The van der Waals surface area contributed by atoms with Gasteiger partial charge in [0, 0.05) is 12.6 Å². The minimum atomic E-state index is -4.99. The molecule has 0 aromatic heterocycles. The molecule has 11 heteroatoms. The number of benzene rings is 4. The van der Waals surface area contributed by atoms with Crippen molar-refractivity contribution < 1.29 is 39.5 Å². The molecule has 242 valence electrons. The van der Waals surface area contributed by atoms with Crippen molar-refractivity contribution in [2.24, 2.45) is 0 Å². The SMILES string of the molecule is O=S(=O)(c1ccccc1)[C@@H]1C[C@@]2(c3ccccc3)[C@H](OCc3cc(C(F)(F)F)cc(C(F)(F)F)c3)CC[C@@H]1N2Cc1ccccc1. The molecule has 4 atom stereocenters. The third-order valence-electron chi connectivity index (χ3n) is 9.15. The number of nitrogens with zero attached hydrogens (tertiary/aromatic N) is 1. The molecule has 4 nitrogen and oxygen atoms in total. The average Bonchev–Trinajstić information content (AvgIpc) is 3.25. The number of rotatable bonds is 8. The van der Waals surface area contributed by atoms with Crippen LogP contribution in [-0.4, -0.2) is 30.7 Å². The molecule has 2 aliphatic rings. The Morgan fingerprint density at radius 1 is 0.717 bits per heavy atom. The van der Waals surface area contributed by atoms with Gasteiger partial charge in [-0.3, -0.25) is 4.90 Å². The van der Waals surface area contributed by atoms with Gasteiger partial charge in [-0.05, 0) is 66.3 Å². The number of alkyl halides is 6. The Kier molecular flexibility index (Phi) is 8.54. The molecule has 2 fully saturated rings. The van der Waals surface area contributed by atoms with Crippen LogP contribution in [0.5, 0.6) is 0 Å². The van der Waals surface area contributed by atoms with Crippen molar-refractivity contribution in [3.63, 3.8) is 0 Å². The van der Waals surface area contributed by atoms with Crippen molar-refractivity contribution in [3.05, 3.63) is 137 Å². The second kappa shape index (κ2) is 12.2. The molecule has 0 aliphatic carbocycles. The molecule has 0 amide bonds. The lowest BCUT2D eigenvalue weighted by Crippen LogP contribution is -2.56. The fourth-order valence-corrected chi connectivity index (χ4v) is 9.19. The van der Waals surface area contributed by atoms with Gasteiger partial charge in [0.2, 0.25) is 0 Å². The number of sulfone groups is 1. The van der Waals surface area contributed by atoms with Crippen molar-refractivity contribution in [1.82, 2.24) is 4.90 Å². The number of fused-ring (bicyclic) bond motifs is 2. The van der Waals surface area contributed by atoms with Crippen LogP contribution in [0, 0.1) is 0 Å². The van der Waals surface area contributed by atoms with Crippen LogP contribution in [-0.2, 0) is 45.6 Å². The molecule has 46 heavy (non-hydrogen) atoms. The largest absolute Gasteiger partial charge is 0.416 e. The lowest BCUT2D eigenvalue weighted by atomic mass is 9.78. The number of hydrogen-bond donors (Lipinski definition) is 0. The van der Waals surface area contributed by atoms with Gasteiger partial charge in [-0.2, -0.15) is 26.3 Å². The molecule has 2 aliphatic heterocycles. The fourth-order valence-electron chi connectivity index (χ4n) is 7.13. The zero-order chi connectivity index (χ0) is 32.7. The number of hydrogen-bond acceptors (Lipinski definition) is 4. The van der Waals surface area contributed by atoms with E-state index in [1.54, 1.807) is 30.3 Å². The van der Waals surface area contributed by atoms with E-state index in [0.29, 0.717) is 31.5 Å². The maximum absolute atomic E-state index is 14.2. The molecule has 0 unspecified atom stereocenters. The van der Waals surface area contributed by atoms with Crippen LogP contribution in [0.2, 0.25) is 0 Å². The average molecular weight is 660 g/mol. The summed E-state index contributed by atoms with van der Waals surface area (Å²) in [5, 5.41) is -0.835. The molecule has 4 aromatic rings. The molecule has 0 N–H and O–H groups in total. The summed E-state index contributed by atoms with van der Waals surface area (Å²) < 4.78 is 116. The highest BCUT2D eigenvalue weighted by molar-refractivity contribution is 7.92. The van der Waals surface area contributed by atoms with Crippen LogP contribution < -0.4 is 0 Å². The van der Waals surface area contributed by atoms with Gasteiger partial charge >= 0.3 is 12.4 Å². The summed E-state index contributed by atoms with van der Waals surface area (Å²) in [6.45, 7) is -0.158. The third-order valence-corrected chi connectivity index (χ3v) is 11.4. The van der Waals surface area contributed by atoms with E-state index in [-0.39, 0.29) is 22.9 Å². The van der Waals surface area contributed by atoms with Gasteiger partial charge in [0.15, 0.2) is 9.84 Å². The predicted molar refractivity (Wildman–Crippen MR) is 160 cm³/mol. The Hall–Kier alpha value is -3.67. The lowest BCUT2D eigenvalue weighted by Gasteiger charge is -2.50. The Labute approximate surface area is 263 Å². The molecule has 0 spiro atoms. The van der Waals surface area contributed by atoms with Gasteiger partial charge in [-0.25, -0.2) is 8.42 Å². The summed E-state index contributed by atoms with van der Waals surface area (Å²) in [5.74, 6) is 0. The van der Waals surface area contributed by atoms with Crippen LogP contribution in [0.1, 0.15) is 47.1 Å². The van der Waals surface area contributed by atoms with Crippen molar-refractivity contribution in [2.45, 2.75) is 72.6 Å². The Bertz CT molecular complexity index is 1730. The smallest absolute Gasteiger partial charge is 0.371 e. The van der Waals surface area contributed by atoms with Crippen molar-refractivity contribution in [1.29, 1.82) is 0 Å². The standard InChI is InChI=1S/C35H31F6NO3S/c36-34(37,38)27-18-25(19-28(20-27)35(39,40)41)23-45-32-17-16-30-31(46(43,44)29-14-8-3-9-15-29)21-33(32,26-12-6-2-7-13-26)42(30)22-24-10-4-1-5-11-24/h1-15,18-20,30-32H,16-17,21-23H2/t30-,31+,32+,33+/m0/s1. The first-order chi connectivity index (χ1) is 21.8. The number of halogens is 6. The fraction of sp³-hybridized carbons (Fsp3) is 0.314. The topological polar surface area (TPSA) is 46.6 Å². The molecule has 0 radical (unpaired) electrons. The van der Waals surface area contributed by atoms with Crippen LogP contribution in [0.25, 0.3) is 0 Å². The van der Waals surface area contributed by atoms with E-state index in [9.17, 15) is 34.8 Å². The predicted octanol–water partition coefficient (Wildman–Crippen LogP) is 8.42. The van der Waals surface area contributed by atoms with Gasteiger partial charge in [0.25, 0.3) is 0 Å². The number of ether oxygens (including phenoxy) is 1. The minimum absolute atomic E-state index is 0.0950. The summed E-state index contributed by atoms with van der Waals surface area (Å²) >= 11 is 0. The van der Waals surface area contributed by atoms with Crippen LogP contribution in [0.4, 0.5) is 26.3 Å². The zero-order valence-electron chi connectivity index (χ0n) is 24.5. The molecule has 0 saturated carbocycles. The van der Waals surface area contributed by atoms with E-state index in [1.807, 2.05) is 60.7 Å². The summed E-state index contributed by atoms with van der Waals surface area (Å²) in [4.78, 5) is 2.32. The van der Waals surface area contributed by atoms with E-state index < -0.39 is 62.9 Å². The first kappa shape index (κ1) is 32.3. The lowest BCUT2D eigenvalue weighted by molar-refractivity contribution is -0.143. The highest BCUT2D eigenvalue weighted by Gasteiger charge is 2.62. The number of piperidine rings is 1. The van der Waals surface area contributed by atoms with Crippen LogP contribution >= 0.6 is 0 Å². The minimum Gasteiger partial charge on any atom is -0.371 e. The molecule has 2 bridgehead atoms.